The zero-order valence-corrected chi connectivity index (χ0v) is 43.2. The second kappa shape index (κ2) is 22.8. The molecular formula is C50H78FN5O15. The molecule has 5 N–H and O–H groups in total. The molecule has 4 fully saturated rings. The van der Waals surface area contributed by atoms with Crippen molar-refractivity contribution in [3.05, 3.63) is 42.0 Å². The highest BCUT2D eigenvalue weighted by Gasteiger charge is 2.54. The number of halogens is 1. The van der Waals surface area contributed by atoms with Crippen LogP contribution in [0.2, 0.25) is 0 Å². The molecule has 0 aliphatic carbocycles. The number of ether oxygens (including phenoxy) is 7. The Morgan fingerprint density at radius 1 is 0.944 bits per heavy atom. The van der Waals surface area contributed by atoms with Crippen molar-refractivity contribution in [2.75, 3.05) is 32.1 Å². The minimum atomic E-state index is -2.05. The molecule has 1 aromatic carbocycles. The van der Waals surface area contributed by atoms with E-state index in [1.54, 1.807) is 58.5 Å². The van der Waals surface area contributed by atoms with E-state index in [2.05, 4.69) is 10.3 Å². The standard InChI is InChI=1S/C50H78FN5O15/c1-13-37-50(10,64)42(59)28(4)39(57)26(2)21-48(8,63)44(29(5)41(30(6)45(61)69-37)70-38-22-49(9,65-12)43(60)31(7)67-38)71-46-40(58)36(19-27(3)66-46)54(11)18-17-33-23-55(53-52-33)24-35-25-56(47(62)68-35)34-16-14-15-32(51)20-34/h14-16,20,23,26-31,35-38,40-44,46,58-60,63-64H,13,17-19,21-22,24-25H2,1-12H3/t26-,27-,28+,29+,30-,31+,35+,36+,37-,38+,40-,41+,42-,43+,44-,46+,48-,49-,50-/m1/s1. The fourth-order valence-corrected chi connectivity index (χ4v) is 11.0. The Balaban J connectivity index is 1.23. The first kappa shape index (κ1) is 56.6. The van der Waals surface area contributed by atoms with E-state index >= 15 is 0 Å². The third-order valence-corrected chi connectivity index (χ3v) is 15.4. The van der Waals surface area contributed by atoms with Gasteiger partial charge in [-0.3, -0.25) is 14.5 Å². The second-order valence-corrected chi connectivity index (χ2v) is 21.3. The van der Waals surface area contributed by atoms with Gasteiger partial charge < -0.3 is 63.6 Å². The van der Waals surface area contributed by atoms with Crippen LogP contribution in [-0.2, 0) is 55.7 Å². The molecule has 1 aromatic heterocycles. The fourth-order valence-electron chi connectivity index (χ4n) is 11.0. The van der Waals surface area contributed by atoms with Crippen LogP contribution in [0.3, 0.4) is 0 Å². The first-order valence-electron chi connectivity index (χ1n) is 24.9. The van der Waals surface area contributed by atoms with Crippen LogP contribution in [0, 0.1) is 29.5 Å². The van der Waals surface area contributed by atoms with E-state index in [-0.39, 0.29) is 32.4 Å². The van der Waals surface area contributed by atoms with Gasteiger partial charge in [0.2, 0.25) is 0 Å². The van der Waals surface area contributed by atoms with E-state index in [9.17, 15) is 44.3 Å². The molecule has 0 unspecified atom stereocenters. The minimum absolute atomic E-state index is 0.0445. The van der Waals surface area contributed by atoms with E-state index in [0.29, 0.717) is 30.8 Å². The topological polar surface area (TPSA) is 254 Å². The van der Waals surface area contributed by atoms with Crippen LogP contribution in [0.25, 0.3) is 0 Å². The van der Waals surface area contributed by atoms with Gasteiger partial charge in [-0.1, -0.05) is 39.0 Å². The highest BCUT2D eigenvalue weighted by Crippen LogP contribution is 2.41. The zero-order chi connectivity index (χ0) is 52.5. The number of hydrogen-bond acceptors (Lipinski definition) is 18. The van der Waals surface area contributed by atoms with Gasteiger partial charge in [-0.2, -0.15) is 0 Å². The van der Waals surface area contributed by atoms with Gasteiger partial charge in [0, 0.05) is 56.5 Å². The number of benzene rings is 1. The number of aliphatic hydroxyl groups is 5. The number of amides is 1. The second-order valence-electron chi connectivity index (χ2n) is 21.3. The molecule has 1 amide bonds. The summed E-state index contributed by atoms with van der Waals surface area (Å²) < 4.78 is 58.7. The predicted molar refractivity (Wildman–Crippen MR) is 253 cm³/mol. The Kier molecular flexibility index (Phi) is 18.2. The van der Waals surface area contributed by atoms with Gasteiger partial charge in [0.1, 0.15) is 41.6 Å². The smallest absolute Gasteiger partial charge is 0.414 e. The summed E-state index contributed by atoms with van der Waals surface area (Å²) in [4.78, 5) is 44.4. The van der Waals surface area contributed by atoms with Crippen LogP contribution in [0.15, 0.2) is 30.5 Å². The molecule has 4 aliphatic rings. The van der Waals surface area contributed by atoms with E-state index in [1.807, 2.05) is 18.9 Å². The van der Waals surface area contributed by atoms with Crippen molar-refractivity contribution < 1.29 is 77.5 Å². The summed E-state index contributed by atoms with van der Waals surface area (Å²) in [5.41, 5.74) is -4.02. The number of ketones is 1. The van der Waals surface area contributed by atoms with Crippen molar-refractivity contribution in [2.24, 2.45) is 23.7 Å². The van der Waals surface area contributed by atoms with Crippen LogP contribution < -0.4 is 4.90 Å². The highest BCUT2D eigenvalue weighted by molar-refractivity contribution is 5.89. The lowest BCUT2D eigenvalue weighted by Gasteiger charge is -2.49. The number of carbonyl (C=O) groups excluding carboxylic acids is 3. The van der Waals surface area contributed by atoms with Crippen LogP contribution >= 0.6 is 0 Å². The van der Waals surface area contributed by atoms with Gasteiger partial charge in [-0.15, -0.1) is 5.10 Å². The number of methoxy groups -OCH3 is 1. The summed E-state index contributed by atoms with van der Waals surface area (Å²) in [7, 11) is 3.32. The first-order valence-corrected chi connectivity index (χ1v) is 24.9. The molecule has 400 valence electrons. The van der Waals surface area contributed by atoms with Crippen LogP contribution in [0.5, 0.6) is 0 Å². The zero-order valence-electron chi connectivity index (χ0n) is 43.2. The normalized spacial score (nSPS) is 41.2. The molecule has 0 radical (unpaired) electrons. The van der Waals surface area contributed by atoms with Gasteiger partial charge in [0.15, 0.2) is 12.6 Å². The summed E-state index contributed by atoms with van der Waals surface area (Å²) in [6.45, 7) is 17.0. The minimum Gasteiger partial charge on any atom is -0.459 e. The molecule has 4 aliphatic heterocycles. The van der Waals surface area contributed by atoms with Crippen LogP contribution in [-0.4, -0.2) is 181 Å². The van der Waals surface area contributed by atoms with E-state index in [4.69, 9.17) is 33.2 Å². The van der Waals surface area contributed by atoms with Gasteiger partial charge in [-0.05, 0) is 86.1 Å². The summed E-state index contributed by atoms with van der Waals surface area (Å²) in [5, 5.41) is 67.7. The molecule has 0 bridgehead atoms. The number of aromatic nitrogens is 3. The van der Waals surface area contributed by atoms with Crippen molar-refractivity contribution in [1.29, 1.82) is 0 Å². The Morgan fingerprint density at radius 2 is 1.65 bits per heavy atom. The lowest BCUT2D eigenvalue weighted by molar-refractivity contribution is -0.318. The van der Waals surface area contributed by atoms with Crippen LogP contribution in [0.1, 0.15) is 101 Å². The SMILES string of the molecule is CC[C@H]1OC(=O)[C@H](C)[C@@H](O[C@H]2C[C@@](C)(OC)[C@@H](O)[C@H](C)O2)[C@H](C)[C@@H](O[C@@H]2O[C@H](C)C[C@H](N(C)CCc3cn(C[C@H]4CN(c5cccc(F)c5)C(=O)O4)nn3)[C@H]2O)[C@](C)(O)C[C@@H](C)C(=O)[C@H](C)[C@@H](O)[C@]1(C)O. The number of Topliss-reactive ketones (excluding diaryl/α,β-unsaturated/α-hetero) is 1. The number of nitrogens with zero attached hydrogens (tertiary/aromatic N) is 5. The van der Waals surface area contributed by atoms with Gasteiger partial charge in [-0.25, -0.2) is 13.9 Å². The number of likely N-dealkylation sites (N-methyl/N-ethyl adjacent to an activating group) is 1. The molecule has 21 heteroatoms. The Morgan fingerprint density at radius 3 is 2.31 bits per heavy atom. The maximum Gasteiger partial charge on any atom is 0.414 e. The third kappa shape index (κ3) is 12.6. The number of aliphatic hydroxyl groups excluding tert-OH is 3. The monoisotopic (exact) mass is 1010 g/mol. The van der Waals surface area contributed by atoms with Crippen molar-refractivity contribution in [3.63, 3.8) is 0 Å². The number of esters is 1. The molecular weight excluding hydrogens is 930 g/mol. The molecule has 6 rings (SSSR count). The maximum absolute atomic E-state index is 14.4. The van der Waals surface area contributed by atoms with Gasteiger partial charge >= 0.3 is 12.1 Å². The molecule has 0 saturated carbocycles. The summed E-state index contributed by atoms with van der Waals surface area (Å²) in [6.07, 6.45) is -9.89. The maximum atomic E-state index is 14.4. The predicted octanol–water partition coefficient (Wildman–Crippen LogP) is 3.15. The van der Waals surface area contributed by atoms with Crippen molar-refractivity contribution in [1.82, 2.24) is 19.9 Å². The Bertz CT molecular complexity index is 2130. The number of carbonyl (C=O) groups is 3. The lowest BCUT2D eigenvalue weighted by Crippen LogP contribution is -2.61. The number of anilines is 1. The summed E-state index contributed by atoms with van der Waals surface area (Å²) >= 11 is 0. The molecule has 71 heavy (non-hydrogen) atoms. The van der Waals surface area contributed by atoms with Crippen molar-refractivity contribution >= 4 is 23.5 Å². The molecule has 2 aromatic rings. The van der Waals surface area contributed by atoms with Crippen LogP contribution in [0.4, 0.5) is 14.9 Å². The van der Waals surface area contributed by atoms with Crippen molar-refractivity contribution in [2.45, 2.75) is 198 Å². The number of rotatable bonds is 13. The largest absolute Gasteiger partial charge is 0.459 e. The average molecular weight is 1010 g/mol. The molecule has 20 nitrogen and oxygen atoms in total. The average Bonchev–Trinajstić information content (AvgIpc) is 3.93. The van der Waals surface area contributed by atoms with Gasteiger partial charge in [0.05, 0.1) is 72.1 Å². The molecule has 19 atom stereocenters. The molecule has 5 heterocycles. The van der Waals surface area contributed by atoms with E-state index in [1.165, 1.54) is 51.0 Å². The quantitative estimate of drug-likeness (QED) is 0.181. The fraction of sp³-hybridized carbons (Fsp3) is 0.780. The Labute approximate surface area is 416 Å². The third-order valence-electron chi connectivity index (χ3n) is 15.4. The summed E-state index contributed by atoms with van der Waals surface area (Å²) in [5.74, 6) is -5.83. The Hall–Kier alpha value is -3.74. The lowest BCUT2D eigenvalue weighted by atomic mass is 9.74. The van der Waals surface area contributed by atoms with Gasteiger partial charge in [0.25, 0.3) is 0 Å². The molecule has 0 spiro atoms. The van der Waals surface area contributed by atoms with E-state index in [0.717, 1.165) is 0 Å². The summed E-state index contributed by atoms with van der Waals surface area (Å²) in [6, 6.07) is 5.19. The highest BCUT2D eigenvalue weighted by atomic mass is 19.1. The molecule has 4 saturated heterocycles. The number of hydrogen-bond donors (Lipinski definition) is 5. The first-order chi connectivity index (χ1) is 33.2. The van der Waals surface area contributed by atoms with E-state index < -0.39 is 138 Å². The number of cyclic esters (lactones) is 2. The van der Waals surface area contributed by atoms with Crippen molar-refractivity contribution in [3.8, 4) is 0 Å².